The van der Waals surface area contributed by atoms with E-state index in [9.17, 15) is 9.59 Å². The van der Waals surface area contributed by atoms with Crippen molar-refractivity contribution in [2.75, 3.05) is 0 Å². The molecule has 0 aromatic heterocycles. The zero-order chi connectivity index (χ0) is 12.9. The van der Waals surface area contributed by atoms with E-state index < -0.39 is 12.0 Å². The molecule has 1 amide bonds. The summed E-state index contributed by atoms with van der Waals surface area (Å²) in [6.45, 7) is 7.56. The molecule has 0 aromatic rings. The van der Waals surface area contributed by atoms with E-state index in [2.05, 4.69) is 21.2 Å². The molecule has 0 radical (unpaired) electrons. The van der Waals surface area contributed by atoms with Crippen LogP contribution in [0.25, 0.3) is 0 Å². The van der Waals surface area contributed by atoms with Gasteiger partial charge < -0.3 is 10.4 Å². The first-order valence-corrected chi connectivity index (χ1v) is 6.34. The van der Waals surface area contributed by atoms with E-state index in [-0.39, 0.29) is 16.7 Å². The molecule has 0 fully saturated rings. The maximum absolute atomic E-state index is 11.7. The lowest BCUT2D eigenvalue weighted by Crippen LogP contribution is -2.47. The van der Waals surface area contributed by atoms with Crippen LogP contribution in [-0.4, -0.2) is 27.9 Å². The lowest BCUT2D eigenvalue weighted by atomic mass is 10.0. The smallest absolute Gasteiger partial charge is 0.326 e. The zero-order valence-electron chi connectivity index (χ0n) is 10.2. The van der Waals surface area contributed by atoms with Gasteiger partial charge in [0.25, 0.3) is 0 Å². The van der Waals surface area contributed by atoms with Crippen LogP contribution < -0.4 is 5.32 Å². The Morgan fingerprint density at radius 3 is 2.06 bits per heavy atom. The first-order chi connectivity index (χ1) is 7.25. The van der Waals surface area contributed by atoms with Crippen LogP contribution >= 0.6 is 15.9 Å². The van der Waals surface area contributed by atoms with E-state index in [0.29, 0.717) is 12.3 Å². The summed E-state index contributed by atoms with van der Waals surface area (Å²) >= 11 is 3.27. The van der Waals surface area contributed by atoms with E-state index in [1.807, 2.05) is 13.8 Å². The van der Waals surface area contributed by atoms with Crippen molar-refractivity contribution in [3.8, 4) is 0 Å². The van der Waals surface area contributed by atoms with E-state index >= 15 is 0 Å². The Balaban J connectivity index is 4.35. The maximum atomic E-state index is 11.7. The van der Waals surface area contributed by atoms with E-state index in [4.69, 9.17) is 5.11 Å². The third-order valence-electron chi connectivity index (χ3n) is 2.19. The third kappa shape index (κ3) is 5.49. The number of nitrogens with one attached hydrogen (secondary N) is 1. The molecule has 0 aliphatic heterocycles. The minimum absolute atomic E-state index is 0.125. The molecule has 0 saturated carbocycles. The summed E-state index contributed by atoms with van der Waals surface area (Å²) in [4.78, 5) is 22.2. The lowest BCUT2D eigenvalue weighted by Gasteiger charge is -2.20. The highest BCUT2D eigenvalue weighted by molar-refractivity contribution is 9.10. The molecular formula is C11H20BrNO3. The molecule has 4 nitrogen and oxygen atoms in total. The second-order valence-electron chi connectivity index (χ2n) is 4.67. The van der Waals surface area contributed by atoms with Crippen LogP contribution in [0.4, 0.5) is 0 Å². The van der Waals surface area contributed by atoms with Gasteiger partial charge in [-0.15, -0.1) is 0 Å². The van der Waals surface area contributed by atoms with Crippen LogP contribution in [0.3, 0.4) is 0 Å². The van der Waals surface area contributed by atoms with Gasteiger partial charge in [-0.05, 0) is 18.3 Å². The van der Waals surface area contributed by atoms with Gasteiger partial charge in [-0.2, -0.15) is 0 Å². The fraction of sp³-hybridized carbons (Fsp3) is 0.818. The molecule has 16 heavy (non-hydrogen) atoms. The quantitative estimate of drug-likeness (QED) is 0.737. The summed E-state index contributed by atoms with van der Waals surface area (Å²) in [7, 11) is 0. The molecule has 94 valence electrons. The summed E-state index contributed by atoms with van der Waals surface area (Å²) in [6.07, 6.45) is 0.691. The third-order valence-corrected chi connectivity index (χ3v) is 2.98. The van der Waals surface area contributed by atoms with Crippen molar-refractivity contribution in [3.05, 3.63) is 0 Å². The summed E-state index contributed by atoms with van der Waals surface area (Å²) < 4.78 is 0. The topological polar surface area (TPSA) is 66.4 Å². The van der Waals surface area contributed by atoms with Crippen molar-refractivity contribution in [2.24, 2.45) is 11.8 Å². The number of carbonyl (C=O) groups excluding carboxylic acids is 1. The Morgan fingerprint density at radius 2 is 1.75 bits per heavy atom. The van der Waals surface area contributed by atoms with Gasteiger partial charge in [-0.3, -0.25) is 4.79 Å². The average molecular weight is 294 g/mol. The van der Waals surface area contributed by atoms with Crippen LogP contribution in [0, 0.1) is 11.8 Å². The van der Waals surface area contributed by atoms with Gasteiger partial charge in [0.2, 0.25) is 5.91 Å². The van der Waals surface area contributed by atoms with Crippen molar-refractivity contribution in [1.29, 1.82) is 0 Å². The normalized spacial score (nSPS) is 14.9. The van der Waals surface area contributed by atoms with Crippen LogP contribution in [0.5, 0.6) is 0 Å². The molecule has 0 aromatic carbocycles. The standard InChI is InChI=1S/C11H20BrNO3/c1-6(2)5-8(12)10(14)13-9(7(3)4)11(15)16/h6-9H,5H2,1-4H3,(H,13,14)(H,15,16)/t8-,9-/m0/s1. The first kappa shape index (κ1) is 15.4. The summed E-state index contributed by atoms with van der Waals surface area (Å²) in [5.74, 6) is -0.986. The fourth-order valence-electron chi connectivity index (χ4n) is 1.28. The predicted molar refractivity (Wildman–Crippen MR) is 66.6 cm³/mol. The predicted octanol–water partition coefficient (Wildman–Crippen LogP) is 2.02. The second-order valence-corrected chi connectivity index (χ2v) is 5.77. The number of hydrogen-bond acceptors (Lipinski definition) is 2. The van der Waals surface area contributed by atoms with Gasteiger partial charge in [-0.1, -0.05) is 43.6 Å². The molecule has 0 bridgehead atoms. The summed E-state index contributed by atoms with van der Waals surface area (Å²) in [5.41, 5.74) is 0. The second kappa shape index (κ2) is 6.89. The van der Waals surface area contributed by atoms with Crippen molar-refractivity contribution in [2.45, 2.75) is 45.0 Å². The number of carbonyl (C=O) groups is 2. The maximum Gasteiger partial charge on any atom is 0.326 e. The van der Waals surface area contributed by atoms with Crippen LogP contribution in [0.15, 0.2) is 0 Å². The molecule has 2 N–H and O–H groups in total. The number of aliphatic carboxylic acids is 1. The number of carboxylic acid groups (broad SMARTS) is 1. The minimum atomic E-state index is -0.993. The Morgan fingerprint density at radius 1 is 1.25 bits per heavy atom. The Hall–Kier alpha value is -0.580. The van der Waals surface area contributed by atoms with Crippen molar-refractivity contribution in [3.63, 3.8) is 0 Å². The number of hydrogen-bond donors (Lipinski definition) is 2. The van der Waals surface area contributed by atoms with Crippen molar-refractivity contribution >= 4 is 27.8 Å². The Kier molecular flexibility index (Phi) is 6.64. The molecule has 0 aliphatic carbocycles. The highest BCUT2D eigenvalue weighted by Crippen LogP contribution is 2.13. The highest BCUT2D eigenvalue weighted by Gasteiger charge is 2.26. The SMILES string of the molecule is CC(C)C[C@H](Br)C(=O)N[C@H](C(=O)O)C(C)C. The number of carboxylic acids is 1. The monoisotopic (exact) mass is 293 g/mol. The molecule has 0 rings (SSSR count). The van der Waals surface area contributed by atoms with Gasteiger partial charge in [0.05, 0.1) is 4.83 Å². The van der Waals surface area contributed by atoms with Crippen LogP contribution in [-0.2, 0) is 9.59 Å². The molecule has 5 heteroatoms. The number of halogens is 1. The number of alkyl halides is 1. The van der Waals surface area contributed by atoms with Crippen LogP contribution in [0.1, 0.15) is 34.1 Å². The summed E-state index contributed by atoms with van der Waals surface area (Å²) in [5, 5.41) is 11.5. The number of rotatable bonds is 6. The molecule has 0 spiro atoms. The molecular weight excluding hydrogens is 274 g/mol. The van der Waals surface area contributed by atoms with Crippen molar-refractivity contribution in [1.82, 2.24) is 5.32 Å². The van der Waals surface area contributed by atoms with Crippen LogP contribution in [0.2, 0.25) is 0 Å². The first-order valence-electron chi connectivity index (χ1n) is 5.43. The van der Waals surface area contributed by atoms with E-state index in [0.717, 1.165) is 0 Å². The Labute approximate surface area is 105 Å². The molecule has 0 heterocycles. The lowest BCUT2D eigenvalue weighted by molar-refractivity contribution is -0.143. The van der Waals surface area contributed by atoms with E-state index in [1.165, 1.54) is 0 Å². The summed E-state index contributed by atoms with van der Waals surface area (Å²) in [6, 6.07) is -0.820. The molecule has 0 saturated heterocycles. The molecule has 0 unspecified atom stereocenters. The number of amides is 1. The Bertz CT molecular complexity index is 254. The van der Waals surface area contributed by atoms with Crippen molar-refractivity contribution < 1.29 is 14.7 Å². The van der Waals surface area contributed by atoms with Gasteiger partial charge in [-0.25, -0.2) is 4.79 Å². The average Bonchev–Trinajstić information content (AvgIpc) is 2.11. The van der Waals surface area contributed by atoms with E-state index in [1.54, 1.807) is 13.8 Å². The largest absolute Gasteiger partial charge is 0.480 e. The van der Waals surface area contributed by atoms with Gasteiger partial charge in [0.15, 0.2) is 0 Å². The highest BCUT2D eigenvalue weighted by atomic mass is 79.9. The zero-order valence-corrected chi connectivity index (χ0v) is 11.7. The molecule has 2 atom stereocenters. The van der Waals surface area contributed by atoms with Gasteiger partial charge in [0, 0.05) is 0 Å². The molecule has 0 aliphatic rings. The minimum Gasteiger partial charge on any atom is -0.480 e. The fourth-order valence-corrected chi connectivity index (χ4v) is 2.16. The van der Waals surface area contributed by atoms with Gasteiger partial charge >= 0.3 is 5.97 Å². The van der Waals surface area contributed by atoms with Gasteiger partial charge in [0.1, 0.15) is 6.04 Å².